The quantitative estimate of drug-likeness (QED) is 0.414. The van der Waals surface area contributed by atoms with E-state index < -0.39 is 0 Å². The number of aryl methyl sites for hydroxylation is 1. The van der Waals surface area contributed by atoms with Crippen molar-refractivity contribution in [3.8, 4) is 0 Å². The van der Waals surface area contributed by atoms with Gasteiger partial charge in [-0.15, -0.1) is 0 Å². The van der Waals surface area contributed by atoms with Gasteiger partial charge in [-0.2, -0.15) is 0 Å². The number of fused-ring (bicyclic) bond motifs is 1. The second-order valence-corrected chi connectivity index (χ2v) is 5.73. The van der Waals surface area contributed by atoms with Crippen LogP contribution in [0.4, 0.5) is 0 Å². The summed E-state index contributed by atoms with van der Waals surface area (Å²) < 4.78 is 0. The summed E-state index contributed by atoms with van der Waals surface area (Å²) in [5, 5.41) is 3.58. The van der Waals surface area contributed by atoms with Gasteiger partial charge in [0.05, 0.1) is 0 Å². The molecular weight excluding hydrogens is 290 g/mol. The summed E-state index contributed by atoms with van der Waals surface area (Å²) >= 11 is 7.42. The Kier molecular flexibility index (Phi) is 4.14. The van der Waals surface area contributed by atoms with Gasteiger partial charge in [-0.25, -0.2) is 9.97 Å². The van der Waals surface area contributed by atoms with Gasteiger partial charge >= 0.3 is 0 Å². The molecule has 0 aliphatic heterocycles. The minimum absolute atomic E-state index is 0.478. The molecule has 0 N–H and O–H groups in total. The summed E-state index contributed by atoms with van der Waals surface area (Å²) in [6, 6.07) is 12.1. The summed E-state index contributed by atoms with van der Waals surface area (Å²) in [5.74, 6) is 0.881. The highest BCUT2D eigenvalue weighted by molar-refractivity contribution is 7.99. The van der Waals surface area contributed by atoms with Crippen molar-refractivity contribution in [1.82, 2.24) is 15.0 Å². The van der Waals surface area contributed by atoms with Crippen molar-refractivity contribution in [3.05, 3.63) is 59.6 Å². The van der Waals surface area contributed by atoms with Crippen LogP contribution in [0.1, 0.15) is 5.69 Å². The summed E-state index contributed by atoms with van der Waals surface area (Å²) in [7, 11) is 0. The molecule has 100 valence electrons. The average Bonchev–Trinajstić information content (AvgIpc) is 2.47. The molecule has 0 aliphatic rings. The molecule has 0 spiro atoms. The lowest BCUT2D eigenvalue weighted by Crippen LogP contribution is -1.94. The van der Waals surface area contributed by atoms with Crippen molar-refractivity contribution in [2.75, 3.05) is 5.75 Å². The molecule has 20 heavy (non-hydrogen) atoms. The van der Waals surface area contributed by atoms with Gasteiger partial charge in [0, 0.05) is 29.2 Å². The van der Waals surface area contributed by atoms with Crippen LogP contribution in [0.5, 0.6) is 0 Å². The van der Waals surface area contributed by atoms with E-state index in [1.807, 2.05) is 18.3 Å². The fourth-order valence-corrected chi connectivity index (χ4v) is 2.88. The van der Waals surface area contributed by atoms with Crippen molar-refractivity contribution < 1.29 is 0 Å². The molecule has 3 rings (SSSR count). The maximum absolute atomic E-state index is 5.83. The van der Waals surface area contributed by atoms with Crippen molar-refractivity contribution >= 4 is 34.1 Å². The number of pyridine rings is 1. The highest BCUT2D eigenvalue weighted by Gasteiger charge is 2.01. The smallest absolute Gasteiger partial charge is 0.188 e. The van der Waals surface area contributed by atoms with E-state index >= 15 is 0 Å². The monoisotopic (exact) mass is 301 g/mol. The largest absolute Gasteiger partial charge is 0.261 e. The minimum Gasteiger partial charge on any atom is -0.261 e. The summed E-state index contributed by atoms with van der Waals surface area (Å²) in [4.78, 5) is 12.8. The number of benzene rings is 1. The van der Waals surface area contributed by atoms with Crippen LogP contribution < -0.4 is 0 Å². The van der Waals surface area contributed by atoms with Crippen molar-refractivity contribution in [3.63, 3.8) is 0 Å². The SMILES string of the molecule is Clc1ccnc(SCCc2cc3ccccc3cn2)n1. The number of aromatic nitrogens is 3. The first kappa shape index (κ1) is 13.3. The number of nitrogens with zero attached hydrogens (tertiary/aromatic N) is 3. The maximum atomic E-state index is 5.83. The number of thioether (sulfide) groups is 1. The highest BCUT2D eigenvalue weighted by atomic mass is 35.5. The van der Waals surface area contributed by atoms with Crippen molar-refractivity contribution in [1.29, 1.82) is 0 Å². The Morgan fingerprint density at radius 2 is 1.90 bits per heavy atom. The summed E-state index contributed by atoms with van der Waals surface area (Å²) in [5.41, 5.74) is 1.08. The van der Waals surface area contributed by atoms with Crippen LogP contribution in [0.15, 0.2) is 53.9 Å². The van der Waals surface area contributed by atoms with E-state index in [9.17, 15) is 0 Å². The zero-order valence-electron chi connectivity index (χ0n) is 10.7. The van der Waals surface area contributed by atoms with E-state index in [-0.39, 0.29) is 0 Å². The third-order valence-corrected chi connectivity index (χ3v) is 3.95. The lowest BCUT2D eigenvalue weighted by Gasteiger charge is -2.03. The molecule has 0 atom stereocenters. The molecule has 0 fully saturated rings. The molecule has 1 aromatic carbocycles. The second kappa shape index (κ2) is 6.20. The topological polar surface area (TPSA) is 38.7 Å². The Labute approximate surface area is 126 Å². The van der Waals surface area contributed by atoms with E-state index in [1.165, 1.54) is 10.8 Å². The van der Waals surface area contributed by atoms with Crippen molar-refractivity contribution in [2.45, 2.75) is 11.6 Å². The first-order valence-electron chi connectivity index (χ1n) is 6.26. The van der Waals surface area contributed by atoms with E-state index in [0.29, 0.717) is 10.3 Å². The molecule has 0 bridgehead atoms. The predicted octanol–water partition coefficient (Wildman–Crippen LogP) is 4.01. The molecule has 0 amide bonds. The third-order valence-electron chi connectivity index (χ3n) is 2.88. The normalized spacial score (nSPS) is 10.8. The summed E-state index contributed by atoms with van der Waals surface area (Å²) in [6.45, 7) is 0. The Morgan fingerprint density at radius 1 is 1.05 bits per heavy atom. The lowest BCUT2D eigenvalue weighted by molar-refractivity contribution is 0.961. The molecule has 0 aliphatic carbocycles. The highest BCUT2D eigenvalue weighted by Crippen LogP contribution is 2.18. The molecular formula is C15H12ClN3S. The number of halogens is 1. The second-order valence-electron chi connectivity index (χ2n) is 4.28. The van der Waals surface area contributed by atoms with E-state index in [1.54, 1.807) is 24.0 Å². The van der Waals surface area contributed by atoms with Crippen LogP contribution in [0.2, 0.25) is 5.15 Å². The first-order chi connectivity index (χ1) is 9.81. The standard InChI is InChI=1S/C15H12ClN3S/c16-14-5-7-17-15(19-14)20-8-6-13-9-11-3-1-2-4-12(11)10-18-13/h1-5,7,9-10H,6,8H2. The third kappa shape index (κ3) is 3.26. The van der Waals surface area contributed by atoms with Crippen molar-refractivity contribution in [2.24, 2.45) is 0 Å². The molecule has 5 heteroatoms. The van der Waals surface area contributed by atoms with Gasteiger partial charge in [0.2, 0.25) is 0 Å². The molecule has 2 aromatic heterocycles. The molecule has 3 aromatic rings. The molecule has 0 saturated heterocycles. The van der Waals surface area contributed by atoms with Crippen LogP contribution in [-0.2, 0) is 6.42 Å². The molecule has 3 nitrogen and oxygen atoms in total. The Hall–Kier alpha value is -1.65. The zero-order chi connectivity index (χ0) is 13.8. The Bertz CT molecular complexity index is 733. The van der Waals surface area contributed by atoms with Crippen LogP contribution in [-0.4, -0.2) is 20.7 Å². The number of hydrogen-bond donors (Lipinski definition) is 0. The van der Waals surface area contributed by atoms with Gasteiger partial charge in [-0.3, -0.25) is 4.98 Å². The van der Waals surface area contributed by atoms with E-state index in [4.69, 9.17) is 11.6 Å². The van der Waals surface area contributed by atoms with Gasteiger partial charge in [0.15, 0.2) is 5.16 Å². The molecule has 2 heterocycles. The molecule has 0 unspecified atom stereocenters. The van der Waals surface area contributed by atoms with Gasteiger partial charge in [0.1, 0.15) is 5.15 Å². The van der Waals surface area contributed by atoms with Gasteiger partial charge < -0.3 is 0 Å². The zero-order valence-corrected chi connectivity index (χ0v) is 12.2. The van der Waals surface area contributed by atoms with E-state index in [2.05, 4.69) is 33.2 Å². The van der Waals surface area contributed by atoms with Gasteiger partial charge in [-0.05, 0) is 23.9 Å². The molecule has 0 saturated carbocycles. The van der Waals surface area contributed by atoms with Gasteiger partial charge in [-0.1, -0.05) is 47.6 Å². The fraction of sp³-hybridized carbons (Fsp3) is 0.133. The minimum atomic E-state index is 0.478. The number of hydrogen-bond acceptors (Lipinski definition) is 4. The van der Waals surface area contributed by atoms with E-state index in [0.717, 1.165) is 17.9 Å². The van der Waals surface area contributed by atoms with Crippen LogP contribution in [0, 0.1) is 0 Å². The Balaban J connectivity index is 1.65. The van der Waals surface area contributed by atoms with Crippen LogP contribution >= 0.6 is 23.4 Å². The van der Waals surface area contributed by atoms with Gasteiger partial charge in [0.25, 0.3) is 0 Å². The lowest BCUT2D eigenvalue weighted by atomic mass is 10.1. The number of rotatable bonds is 4. The van der Waals surface area contributed by atoms with Crippen LogP contribution in [0.3, 0.4) is 0 Å². The first-order valence-corrected chi connectivity index (χ1v) is 7.63. The maximum Gasteiger partial charge on any atom is 0.188 e. The molecule has 0 radical (unpaired) electrons. The Morgan fingerprint density at radius 3 is 2.75 bits per heavy atom. The van der Waals surface area contributed by atoms with Crippen LogP contribution in [0.25, 0.3) is 10.8 Å². The summed E-state index contributed by atoms with van der Waals surface area (Å²) in [6.07, 6.45) is 4.47. The fourth-order valence-electron chi connectivity index (χ4n) is 1.90. The average molecular weight is 302 g/mol. The predicted molar refractivity (Wildman–Crippen MR) is 83.2 cm³/mol.